The van der Waals surface area contributed by atoms with Crippen molar-refractivity contribution in [1.29, 1.82) is 0 Å². The smallest absolute Gasteiger partial charge is 0.310 e. The minimum absolute atomic E-state index is 0.0619. The lowest BCUT2D eigenvalue weighted by molar-refractivity contribution is -0.143. The fourth-order valence-electron chi connectivity index (χ4n) is 2.33. The minimum Gasteiger partial charge on any atom is -0.481 e. The molecule has 1 amide bonds. The number of carbonyl (C=O) groups excluding carboxylic acids is 1. The predicted molar refractivity (Wildman–Crippen MR) is 70.9 cm³/mol. The second-order valence-electron chi connectivity index (χ2n) is 5.12. The van der Waals surface area contributed by atoms with Gasteiger partial charge in [0.2, 0.25) is 5.91 Å². The van der Waals surface area contributed by atoms with E-state index in [1.165, 1.54) is 0 Å². The van der Waals surface area contributed by atoms with Crippen LogP contribution in [0.4, 0.5) is 0 Å². The maximum absolute atomic E-state index is 11.6. The summed E-state index contributed by atoms with van der Waals surface area (Å²) < 4.78 is 5.29. The number of carboxylic acids is 1. The lowest BCUT2D eigenvalue weighted by atomic mass is 10.0. The van der Waals surface area contributed by atoms with Crippen molar-refractivity contribution in [2.45, 2.75) is 25.8 Å². The first-order valence-corrected chi connectivity index (χ1v) is 6.72. The van der Waals surface area contributed by atoms with Crippen LogP contribution in [0.1, 0.15) is 19.8 Å². The van der Waals surface area contributed by atoms with E-state index in [1.54, 1.807) is 19.0 Å². The van der Waals surface area contributed by atoms with Crippen molar-refractivity contribution in [2.75, 3.05) is 40.4 Å². The van der Waals surface area contributed by atoms with Gasteiger partial charge < -0.3 is 14.7 Å². The molecule has 0 saturated carbocycles. The van der Waals surface area contributed by atoms with Crippen LogP contribution in [0.5, 0.6) is 0 Å². The first-order valence-electron chi connectivity index (χ1n) is 6.72. The van der Waals surface area contributed by atoms with Gasteiger partial charge in [-0.3, -0.25) is 14.5 Å². The average molecular weight is 272 g/mol. The molecule has 1 aliphatic heterocycles. The highest BCUT2D eigenvalue weighted by Crippen LogP contribution is 2.20. The number of aliphatic carboxylic acids is 1. The van der Waals surface area contributed by atoms with Crippen LogP contribution in [-0.4, -0.2) is 73.2 Å². The molecule has 2 unspecified atom stereocenters. The summed E-state index contributed by atoms with van der Waals surface area (Å²) in [5, 5.41) is 9.18. The van der Waals surface area contributed by atoms with Crippen molar-refractivity contribution in [1.82, 2.24) is 9.80 Å². The van der Waals surface area contributed by atoms with Gasteiger partial charge >= 0.3 is 5.97 Å². The van der Waals surface area contributed by atoms with Crippen LogP contribution in [0, 0.1) is 5.92 Å². The number of hydrogen-bond acceptors (Lipinski definition) is 4. The number of ether oxygens (including phenoxy) is 1. The molecule has 0 aromatic heterocycles. The fraction of sp³-hybridized carbons (Fsp3) is 0.846. The Morgan fingerprint density at radius 2 is 1.95 bits per heavy atom. The molecule has 1 rings (SSSR count). The summed E-state index contributed by atoms with van der Waals surface area (Å²) >= 11 is 0. The van der Waals surface area contributed by atoms with Crippen LogP contribution in [0.3, 0.4) is 0 Å². The summed E-state index contributed by atoms with van der Waals surface area (Å²) in [5.74, 6) is -1.24. The molecule has 0 aliphatic carbocycles. The monoisotopic (exact) mass is 272 g/mol. The number of carbonyl (C=O) groups is 2. The van der Waals surface area contributed by atoms with E-state index in [1.807, 2.05) is 6.92 Å². The zero-order valence-corrected chi connectivity index (χ0v) is 12.0. The Morgan fingerprint density at radius 3 is 2.47 bits per heavy atom. The highest BCUT2D eigenvalue weighted by molar-refractivity contribution is 5.75. The van der Waals surface area contributed by atoms with Crippen LogP contribution in [-0.2, 0) is 14.3 Å². The van der Waals surface area contributed by atoms with Gasteiger partial charge in [0, 0.05) is 33.1 Å². The second kappa shape index (κ2) is 7.45. The SMILES string of the molecule is CCCN(CCC(=O)N(C)C)C1COCC1C(=O)O. The van der Waals surface area contributed by atoms with Gasteiger partial charge in [0.1, 0.15) is 0 Å². The molecule has 0 spiro atoms. The Balaban J connectivity index is 2.60. The van der Waals surface area contributed by atoms with Crippen molar-refractivity contribution in [3.05, 3.63) is 0 Å². The molecule has 0 aromatic rings. The zero-order valence-electron chi connectivity index (χ0n) is 12.0. The maximum atomic E-state index is 11.6. The summed E-state index contributed by atoms with van der Waals surface area (Å²) in [6, 6.07) is -0.118. The first-order chi connectivity index (χ1) is 8.97. The lowest BCUT2D eigenvalue weighted by Gasteiger charge is -2.30. The summed E-state index contributed by atoms with van der Waals surface area (Å²) in [6.45, 7) is 4.13. The van der Waals surface area contributed by atoms with Gasteiger partial charge in [-0.2, -0.15) is 0 Å². The molecule has 6 nitrogen and oxygen atoms in total. The lowest BCUT2D eigenvalue weighted by Crippen LogP contribution is -2.45. The van der Waals surface area contributed by atoms with E-state index in [4.69, 9.17) is 4.74 Å². The normalized spacial score (nSPS) is 22.7. The van der Waals surface area contributed by atoms with E-state index < -0.39 is 11.9 Å². The van der Waals surface area contributed by atoms with Crippen LogP contribution in [0.15, 0.2) is 0 Å². The summed E-state index contributed by atoms with van der Waals surface area (Å²) in [6.07, 6.45) is 1.34. The van der Waals surface area contributed by atoms with Crippen molar-refractivity contribution in [3.63, 3.8) is 0 Å². The van der Waals surface area contributed by atoms with Crippen molar-refractivity contribution < 1.29 is 19.4 Å². The van der Waals surface area contributed by atoms with E-state index in [-0.39, 0.29) is 18.6 Å². The molecule has 1 N–H and O–H groups in total. The second-order valence-corrected chi connectivity index (χ2v) is 5.12. The Labute approximate surface area is 114 Å². The first kappa shape index (κ1) is 15.9. The van der Waals surface area contributed by atoms with Crippen LogP contribution in [0.2, 0.25) is 0 Å². The zero-order chi connectivity index (χ0) is 14.4. The molecule has 0 aromatic carbocycles. The van der Waals surface area contributed by atoms with E-state index in [9.17, 15) is 14.7 Å². The molecule has 110 valence electrons. The van der Waals surface area contributed by atoms with Crippen molar-refractivity contribution in [3.8, 4) is 0 Å². The molecule has 1 saturated heterocycles. The van der Waals surface area contributed by atoms with Gasteiger partial charge in [0.25, 0.3) is 0 Å². The third-order valence-corrected chi connectivity index (χ3v) is 3.46. The number of nitrogens with zero attached hydrogens (tertiary/aromatic N) is 2. The van der Waals surface area contributed by atoms with E-state index in [0.717, 1.165) is 13.0 Å². The highest BCUT2D eigenvalue weighted by Gasteiger charge is 2.37. The molecule has 0 bridgehead atoms. The molecular formula is C13H24N2O4. The van der Waals surface area contributed by atoms with Gasteiger partial charge in [0.15, 0.2) is 0 Å². The molecule has 19 heavy (non-hydrogen) atoms. The molecular weight excluding hydrogens is 248 g/mol. The molecule has 1 heterocycles. The van der Waals surface area contributed by atoms with Gasteiger partial charge in [-0.05, 0) is 13.0 Å². The largest absolute Gasteiger partial charge is 0.481 e. The van der Waals surface area contributed by atoms with Crippen LogP contribution in [0.25, 0.3) is 0 Å². The summed E-state index contributed by atoms with van der Waals surface area (Å²) in [7, 11) is 3.45. The maximum Gasteiger partial charge on any atom is 0.310 e. The van der Waals surface area contributed by atoms with Crippen molar-refractivity contribution in [2.24, 2.45) is 5.92 Å². The van der Waals surface area contributed by atoms with E-state index in [2.05, 4.69) is 4.90 Å². The summed E-state index contributed by atoms with van der Waals surface area (Å²) in [5.41, 5.74) is 0. The minimum atomic E-state index is -0.817. The van der Waals surface area contributed by atoms with Crippen LogP contribution < -0.4 is 0 Å². The van der Waals surface area contributed by atoms with E-state index in [0.29, 0.717) is 19.6 Å². The Morgan fingerprint density at radius 1 is 1.26 bits per heavy atom. The predicted octanol–water partition coefficient (Wildman–Crippen LogP) is 0.276. The molecule has 6 heteroatoms. The topological polar surface area (TPSA) is 70.1 Å². The van der Waals surface area contributed by atoms with Gasteiger partial charge in [-0.25, -0.2) is 0 Å². The third-order valence-electron chi connectivity index (χ3n) is 3.46. The number of hydrogen-bond donors (Lipinski definition) is 1. The quantitative estimate of drug-likeness (QED) is 0.720. The molecule has 0 radical (unpaired) electrons. The Kier molecular flexibility index (Phi) is 6.24. The number of rotatable bonds is 7. The number of carboxylic acid groups (broad SMARTS) is 1. The van der Waals surface area contributed by atoms with Gasteiger partial charge in [-0.1, -0.05) is 6.92 Å². The molecule has 2 atom stereocenters. The van der Waals surface area contributed by atoms with Gasteiger partial charge in [-0.15, -0.1) is 0 Å². The molecule has 1 aliphatic rings. The standard InChI is InChI=1S/C13H24N2O4/c1-4-6-15(7-5-12(16)14(2)3)11-9-19-8-10(11)13(17)18/h10-11H,4-9H2,1-3H3,(H,17,18). The highest BCUT2D eigenvalue weighted by atomic mass is 16.5. The third kappa shape index (κ3) is 4.47. The van der Waals surface area contributed by atoms with E-state index >= 15 is 0 Å². The average Bonchev–Trinajstić information content (AvgIpc) is 2.82. The van der Waals surface area contributed by atoms with Gasteiger partial charge in [0.05, 0.1) is 19.1 Å². The Hall–Kier alpha value is -1.14. The van der Waals surface area contributed by atoms with Crippen LogP contribution >= 0.6 is 0 Å². The van der Waals surface area contributed by atoms with Crippen molar-refractivity contribution >= 4 is 11.9 Å². The number of amides is 1. The summed E-state index contributed by atoms with van der Waals surface area (Å²) in [4.78, 5) is 26.5. The fourth-order valence-corrected chi connectivity index (χ4v) is 2.33. The Bertz CT molecular complexity index is 320. The molecule has 1 fully saturated rings.